The summed E-state index contributed by atoms with van der Waals surface area (Å²) in [5, 5.41) is 0. The van der Waals surface area contributed by atoms with Crippen LogP contribution in [0.2, 0.25) is 0 Å². The van der Waals surface area contributed by atoms with Crippen molar-refractivity contribution in [2.45, 2.75) is 219 Å². The highest BCUT2D eigenvalue weighted by atomic mass is 16.6. The van der Waals surface area contributed by atoms with E-state index in [1.165, 1.54) is 32.1 Å². The Bertz CT molecular complexity index is 1400. The van der Waals surface area contributed by atoms with Gasteiger partial charge in [-0.05, 0) is 109 Å². The van der Waals surface area contributed by atoms with Crippen LogP contribution in [0.3, 0.4) is 0 Å². The molecule has 0 saturated carbocycles. The van der Waals surface area contributed by atoms with Crippen molar-refractivity contribution in [2.24, 2.45) is 0 Å². The van der Waals surface area contributed by atoms with E-state index in [1.54, 1.807) is 0 Å². The molecule has 366 valence electrons. The Morgan fingerprint density at radius 2 is 0.677 bits per heavy atom. The van der Waals surface area contributed by atoms with Crippen molar-refractivity contribution >= 4 is 17.9 Å². The van der Waals surface area contributed by atoms with Gasteiger partial charge >= 0.3 is 17.9 Å². The van der Waals surface area contributed by atoms with Gasteiger partial charge in [0, 0.05) is 19.3 Å². The maximum atomic E-state index is 12.8. The first-order chi connectivity index (χ1) is 32.0. The molecule has 0 aromatic rings. The molecule has 0 aromatic carbocycles. The van der Waals surface area contributed by atoms with Gasteiger partial charge in [0.15, 0.2) is 6.10 Å². The molecular formula is C59H94O6. The van der Waals surface area contributed by atoms with E-state index >= 15 is 0 Å². The van der Waals surface area contributed by atoms with E-state index in [2.05, 4.69) is 142 Å². The molecule has 0 N–H and O–H groups in total. The summed E-state index contributed by atoms with van der Waals surface area (Å²) in [4.78, 5) is 38.0. The third-order valence-electron chi connectivity index (χ3n) is 10.5. The van der Waals surface area contributed by atoms with Crippen LogP contribution < -0.4 is 0 Å². The van der Waals surface area contributed by atoms with Gasteiger partial charge in [0.05, 0.1) is 0 Å². The lowest BCUT2D eigenvalue weighted by atomic mass is 10.1. The third kappa shape index (κ3) is 50.7. The second kappa shape index (κ2) is 52.4. The molecule has 6 nitrogen and oxygen atoms in total. The number of hydrogen-bond donors (Lipinski definition) is 0. The second-order valence-corrected chi connectivity index (χ2v) is 16.8. The van der Waals surface area contributed by atoms with E-state index in [0.29, 0.717) is 19.3 Å². The standard InChI is InChI=1S/C59H94O6/c1-4-7-10-13-16-19-22-25-27-28-29-30-32-34-37-40-43-46-49-52-58(61)64-55-56(54-63-57(60)51-48-45-42-39-36-33-24-21-18-15-12-9-6-3)65-59(62)53-50-47-44-41-38-35-31-26-23-20-17-14-11-8-5-2/h7,9-10,12,15-21,23-27,29-30,34,37,56H,4-6,8,11,13-14,22,28,31-33,35-36,38-55H2,1-3H3/b10-7+,12-9+,18-15+,19-16+,20-17+,24-21+,26-23+,27-25+,30-29+,37-34+. The first kappa shape index (κ1) is 60.8. The van der Waals surface area contributed by atoms with Crippen molar-refractivity contribution < 1.29 is 28.6 Å². The van der Waals surface area contributed by atoms with E-state index in [9.17, 15) is 14.4 Å². The predicted molar refractivity (Wildman–Crippen MR) is 279 cm³/mol. The van der Waals surface area contributed by atoms with Gasteiger partial charge in [-0.25, -0.2) is 0 Å². The topological polar surface area (TPSA) is 78.9 Å². The fraction of sp³-hybridized carbons (Fsp3) is 0.610. The molecule has 0 amide bonds. The number of rotatable bonds is 45. The zero-order valence-electron chi connectivity index (χ0n) is 41.7. The number of ether oxygens (including phenoxy) is 3. The molecule has 0 radical (unpaired) electrons. The molecule has 0 heterocycles. The lowest BCUT2D eigenvalue weighted by Crippen LogP contribution is -2.30. The Morgan fingerprint density at radius 3 is 1.14 bits per heavy atom. The lowest BCUT2D eigenvalue weighted by molar-refractivity contribution is -0.167. The molecular weight excluding hydrogens is 805 g/mol. The van der Waals surface area contributed by atoms with Gasteiger partial charge in [0.2, 0.25) is 0 Å². The summed E-state index contributed by atoms with van der Waals surface area (Å²) >= 11 is 0. The first-order valence-corrected chi connectivity index (χ1v) is 26.1. The molecule has 0 bridgehead atoms. The van der Waals surface area contributed by atoms with Crippen LogP contribution in [-0.4, -0.2) is 37.2 Å². The maximum Gasteiger partial charge on any atom is 0.306 e. The van der Waals surface area contributed by atoms with E-state index < -0.39 is 6.10 Å². The summed E-state index contributed by atoms with van der Waals surface area (Å²) < 4.78 is 16.8. The summed E-state index contributed by atoms with van der Waals surface area (Å²) in [7, 11) is 0. The van der Waals surface area contributed by atoms with Crippen molar-refractivity contribution in [3.63, 3.8) is 0 Å². The first-order valence-electron chi connectivity index (χ1n) is 26.1. The lowest BCUT2D eigenvalue weighted by Gasteiger charge is -2.18. The van der Waals surface area contributed by atoms with Gasteiger partial charge in [0.1, 0.15) is 13.2 Å². The van der Waals surface area contributed by atoms with Gasteiger partial charge in [-0.15, -0.1) is 0 Å². The SMILES string of the molecule is CC/C=C/C=C/C=C/CCCCCCCC(=O)OCC(COC(=O)CCCCC/C=C/C/C=C/C/C=C/C/C=C/C/C=C/CC)OC(=O)CCCCCCCC/C=C/C=C/CCCCC. The summed E-state index contributed by atoms with van der Waals surface area (Å²) in [6, 6.07) is 0. The predicted octanol–water partition coefficient (Wildman–Crippen LogP) is 17.3. The largest absolute Gasteiger partial charge is 0.462 e. The average molecular weight is 899 g/mol. The molecule has 65 heavy (non-hydrogen) atoms. The zero-order chi connectivity index (χ0) is 47.2. The van der Waals surface area contributed by atoms with Crippen LogP contribution in [-0.2, 0) is 28.6 Å². The Hall–Kier alpha value is -4.19. The Balaban J connectivity index is 4.51. The van der Waals surface area contributed by atoms with Crippen LogP contribution in [0.15, 0.2) is 122 Å². The number of carbonyl (C=O) groups excluding carboxylic acids is 3. The molecule has 1 unspecified atom stereocenters. The maximum absolute atomic E-state index is 12.8. The van der Waals surface area contributed by atoms with Crippen LogP contribution in [0, 0.1) is 0 Å². The minimum atomic E-state index is -0.810. The third-order valence-corrected chi connectivity index (χ3v) is 10.5. The monoisotopic (exact) mass is 899 g/mol. The number of hydrogen-bond acceptors (Lipinski definition) is 6. The number of allylic oxidation sites excluding steroid dienone is 20. The molecule has 0 aromatic heterocycles. The molecule has 0 fully saturated rings. The highest BCUT2D eigenvalue weighted by molar-refractivity contribution is 5.71. The zero-order valence-corrected chi connectivity index (χ0v) is 41.7. The van der Waals surface area contributed by atoms with Gasteiger partial charge in [-0.1, -0.05) is 206 Å². The van der Waals surface area contributed by atoms with Crippen molar-refractivity contribution in [1.82, 2.24) is 0 Å². The van der Waals surface area contributed by atoms with Crippen LogP contribution in [0.5, 0.6) is 0 Å². The molecule has 0 spiro atoms. The molecule has 0 rings (SSSR count). The number of esters is 3. The Labute approximate surface area is 399 Å². The van der Waals surface area contributed by atoms with E-state index in [0.717, 1.165) is 141 Å². The summed E-state index contributed by atoms with van der Waals surface area (Å²) in [6.07, 6.45) is 71.8. The molecule has 0 aliphatic rings. The fourth-order valence-corrected chi connectivity index (χ4v) is 6.63. The minimum Gasteiger partial charge on any atom is -0.462 e. The van der Waals surface area contributed by atoms with Gasteiger partial charge in [-0.2, -0.15) is 0 Å². The molecule has 6 heteroatoms. The summed E-state index contributed by atoms with van der Waals surface area (Å²) in [5.74, 6) is -0.979. The fourth-order valence-electron chi connectivity index (χ4n) is 6.63. The smallest absolute Gasteiger partial charge is 0.306 e. The quantitative estimate of drug-likeness (QED) is 0.0199. The highest BCUT2D eigenvalue weighted by Crippen LogP contribution is 2.13. The second-order valence-electron chi connectivity index (χ2n) is 16.8. The molecule has 0 saturated heterocycles. The molecule has 1 atom stereocenters. The molecule has 0 aliphatic heterocycles. The van der Waals surface area contributed by atoms with E-state index in [-0.39, 0.29) is 31.1 Å². The van der Waals surface area contributed by atoms with E-state index in [1.807, 2.05) is 0 Å². The average Bonchev–Trinajstić information content (AvgIpc) is 3.30. The van der Waals surface area contributed by atoms with Gasteiger partial charge in [0.25, 0.3) is 0 Å². The van der Waals surface area contributed by atoms with Crippen LogP contribution in [0.4, 0.5) is 0 Å². The number of unbranched alkanes of at least 4 members (excludes halogenated alkanes) is 17. The highest BCUT2D eigenvalue weighted by Gasteiger charge is 2.19. The van der Waals surface area contributed by atoms with Crippen molar-refractivity contribution in [3.05, 3.63) is 122 Å². The van der Waals surface area contributed by atoms with Crippen molar-refractivity contribution in [1.29, 1.82) is 0 Å². The Morgan fingerprint density at radius 1 is 0.338 bits per heavy atom. The summed E-state index contributed by atoms with van der Waals surface area (Å²) in [5.41, 5.74) is 0. The minimum absolute atomic E-state index is 0.108. The van der Waals surface area contributed by atoms with Gasteiger partial charge in [-0.3, -0.25) is 14.4 Å². The number of carbonyl (C=O) groups is 3. The van der Waals surface area contributed by atoms with E-state index in [4.69, 9.17) is 14.2 Å². The van der Waals surface area contributed by atoms with Gasteiger partial charge < -0.3 is 14.2 Å². The Kier molecular flexibility index (Phi) is 49.1. The van der Waals surface area contributed by atoms with Crippen LogP contribution in [0.1, 0.15) is 213 Å². The van der Waals surface area contributed by atoms with Crippen molar-refractivity contribution in [2.75, 3.05) is 13.2 Å². The van der Waals surface area contributed by atoms with Crippen LogP contribution in [0.25, 0.3) is 0 Å². The van der Waals surface area contributed by atoms with Crippen LogP contribution >= 0.6 is 0 Å². The summed E-state index contributed by atoms with van der Waals surface area (Å²) in [6.45, 7) is 6.29. The normalized spacial score (nSPS) is 13.1. The molecule has 0 aliphatic carbocycles. The van der Waals surface area contributed by atoms with Crippen molar-refractivity contribution in [3.8, 4) is 0 Å².